The lowest BCUT2D eigenvalue weighted by atomic mass is 10.1. The third-order valence-electron chi connectivity index (χ3n) is 2.79. The van der Waals surface area contributed by atoms with Gasteiger partial charge in [0.05, 0.1) is 16.3 Å². The van der Waals surface area contributed by atoms with Gasteiger partial charge in [0, 0.05) is 13.0 Å². The van der Waals surface area contributed by atoms with E-state index >= 15 is 0 Å². The van der Waals surface area contributed by atoms with Gasteiger partial charge in [-0.15, -0.1) is 0 Å². The molecule has 7 heteroatoms. The summed E-state index contributed by atoms with van der Waals surface area (Å²) in [7, 11) is 0. The van der Waals surface area contributed by atoms with Crippen LogP contribution in [0.15, 0.2) is 18.2 Å². The van der Waals surface area contributed by atoms with Crippen molar-refractivity contribution >= 4 is 29.0 Å². The van der Waals surface area contributed by atoms with Gasteiger partial charge in [-0.2, -0.15) is 13.2 Å². The molecular formula is C12H9ClF3NO2. The summed E-state index contributed by atoms with van der Waals surface area (Å²) in [4.78, 5) is 24.4. The molecule has 0 N–H and O–H groups in total. The average Bonchev–Trinajstić information content (AvgIpc) is 2.54. The van der Waals surface area contributed by atoms with E-state index in [1.807, 2.05) is 0 Å². The number of alkyl halides is 3. The highest BCUT2D eigenvalue weighted by molar-refractivity contribution is 6.55. The first-order valence-corrected chi connectivity index (χ1v) is 5.90. The van der Waals surface area contributed by atoms with E-state index in [9.17, 15) is 22.8 Å². The Hall–Kier alpha value is -1.56. The van der Waals surface area contributed by atoms with Crippen LogP contribution >= 0.6 is 11.6 Å². The summed E-state index contributed by atoms with van der Waals surface area (Å²) >= 11 is 5.82. The van der Waals surface area contributed by atoms with Crippen molar-refractivity contribution in [1.82, 2.24) is 0 Å². The number of hydrogen-bond donors (Lipinski definition) is 0. The Bertz CT molecular complexity index is 542. The fourth-order valence-corrected chi connectivity index (χ4v) is 2.22. The van der Waals surface area contributed by atoms with E-state index in [1.165, 1.54) is 12.1 Å². The van der Waals surface area contributed by atoms with Gasteiger partial charge < -0.3 is 4.90 Å². The lowest BCUT2D eigenvalue weighted by Crippen LogP contribution is -2.31. The Morgan fingerprint density at radius 3 is 2.53 bits per heavy atom. The molecular weight excluding hydrogens is 283 g/mol. The molecule has 19 heavy (non-hydrogen) atoms. The molecule has 0 atom stereocenters. The number of anilines is 1. The molecule has 0 saturated heterocycles. The van der Waals surface area contributed by atoms with Crippen molar-refractivity contribution < 1.29 is 22.8 Å². The number of rotatable bonds is 3. The van der Waals surface area contributed by atoms with Crippen LogP contribution in [0.25, 0.3) is 0 Å². The van der Waals surface area contributed by atoms with Crippen LogP contribution in [0.4, 0.5) is 18.9 Å². The van der Waals surface area contributed by atoms with Crippen molar-refractivity contribution in [3.05, 3.63) is 28.8 Å². The van der Waals surface area contributed by atoms with E-state index < -0.39 is 24.3 Å². The van der Waals surface area contributed by atoms with Gasteiger partial charge in [-0.25, -0.2) is 0 Å². The number of fused-ring (bicyclic) bond motifs is 1. The zero-order chi connectivity index (χ0) is 14.2. The fraction of sp³-hybridized carbons (Fsp3) is 0.333. The zero-order valence-corrected chi connectivity index (χ0v) is 10.4. The third kappa shape index (κ3) is 2.73. The van der Waals surface area contributed by atoms with Gasteiger partial charge in [0.25, 0.3) is 11.7 Å². The van der Waals surface area contributed by atoms with Crippen molar-refractivity contribution in [3.63, 3.8) is 0 Å². The van der Waals surface area contributed by atoms with Crippen molar-refractivity contribution in [2.24, 2.45) is 0 Å². The second kappa shape index (κ2) is 4.85. The molecule has 1 amide bonds. The minimum Gasteiger partial charge on any atom is -0.305 e. The van der Waals surface area contributed by atoms with Crippen molar-refractivity contribution in [2.45, 2.75) is 19.0 Å². The number of amides is 1. The number of nitrogens with zero attached hydrogens (tertiary/aromatic N) is 1. The predicted octanol–water partition coefficient (Wildman–Crippen LogP) is 3.21. The first-order chi connectivity index (χ1) is 8.81. The van der Waals surface area contributed by atoms with E-state index in [0.29, 0.717) is 0 Å². The molecule has 3 nitrogen and oxygen atoms in total. The average molecular weight is 292 g/mol. The first kappa shape index (κ1) is 13.9. The van der Waals surface area contributed by atoms with Crippen LogP contribution in [0.3, 0.4) is 0 Å². The maximum atomic E-state index is 12.1. The molecule has 0 aliphatic carbocycles. The highest BCUT2D eigenvalue weighted by Crippen LogP contribution is 2.34. The van der Waals surface area contributed by atoms with E-state index in [0.717, 1.165) is 4.90 Å². The summed E-state index contributed by atoms with van der Waals surface area (Å²) < 4.78 is 36.2. The Balaban J connectivity index is 2.18. The predicted molar refractivity (Wildman–Crippen MR) is 63.4 cm³/mol. The van der Waals surface area contributed by atoms with Crippen molar-refractivity contribution in [2.75, 3.05) is 11.4 Å². The van der Waals surface area contributed by atoms with Crippen LogP contribution < -0.4 is 4.90 Å². The molecule has 0 radical (unpaired) electrons. The number of benzene rings is 1. The molecule has 0 unspecified atom stereocenters. The molecule has 0 spiro atoms. The molecule has 1 heterocycles. The maximum Gasteiger partial charge on any atom is 0.389 e. The highest BCUT2D eigenvalue weighted by atomic mass is 35.5. The summed E-state index contributed by atoms with van der Waals surface area (Å²) in [6.45, 7) is -0.155. The van der Waals surface area contributed by atoms with Crippen LogP contribution in [0, 0.1) is 0 Å². The van der Waals surface area contributed by atoms with Crippen LogP contribution in [-0.2, 0) is 4.79 Å². The summed E-state index contributed by atoms with van der Waals surface area (Å²) in [5, 5.41) is 0.133. The molecule has 0 saturated carbocycles. The summed E-state index contributed by atoms with van der Waals surface area (Å²) in [6, 6.07) is 4.51. The second-order valence-electron chi connectivity index (χ2n) is 4.14. The second-order valence-corrected chi connectivity index (χ2v) is 4.55. The number of carbonyl (C=O) groups is 2. The van der Waals surface area contributed by atoms with E-state index in [4.69, 9.17) is 11.6 Å². The summed E-state index contributed by atoms with van der Waals surface area (Å²) in [5.74, 6) is -1.60. The van der Waals surface area contributed by atoms with Crippen molar-refractivity contribution in [3.8, 4) is 0 Å². The van der Waals surface area contributed by atoms with Crippen LogP contribution in [0.1, 0.15) is 23.2 Å². The van der Waals surface area contributed by atoms with E-state index in [2.05, 4.69) is 0 Å². The lowest BCUT2D eigenvalue weighted by molar-refractivity contribution is -0.135. The van der Waals surface area contributed by atoms with Gasteiger partial charge in [-0.1, -0.05) is 17.7 Å². The quantitative estimate of drug-likeness (QED) is 0.802. The van der Waals surface area contributed by atoms with Gasteiger partial charge in [0.2, 0.25) is 0 Å². The minimum absolute atomic E-state index is 0.0705. The lowest BCUT2D eigenvalue weighted by Gasteiger charge is -2.16. The Kier molecular flexibility index (Phi) is 3.54. The smallest absolute Gasteiger partial charge is 0.305 e. The molecule has 1 aromatic carbocycles. The zero-order valence-electron chi connectivity index (χ0n) is 9.63. The Morgan fingerprint density at radius 1 is 1.21 bits per heavy atom. The number of ketones is 1. The molecule has 102 valence electrons. The summed E-state index contributed by atoms with van der Waals surface area (Å²) in [6.07, 6.45) is -5.53. The minimum atomic E-state index is -4.27. The molecule has 2 rings (SSSR count). The molecule has 0 fully saturated rings. The number of halogens is 4. The summed E-state index contributed by atoms with van der Waals surface area (Å²) in [5.41, 5.74) is 0.353. The van der Waals surface area contributed by atoms with Gasteiger partial charge >= 0.3 is 6.18 Å². The Labute approximate surface area is 111 Å². The van der Waals surface area contributed by atoms with E-state index in [1.54, 1.807) is 6.07 Å². The normalized spacial score (nSPS) is 15.1. The van der Waals surface area contributed by atoms with Crippen LogP contribution in [0.2, 0.25) is 5.02 Å². The SMILES string of the molecule is O=C1C(=O)N(CCCC(F)(F)F)c2cccc(Cl)c21. The van der Waals surface area contributed by atoms with Gasteiger partial charge in [-0.05, 0) is 18.6 Å². The first-order valence-electron chi connectivity index (χ1n) is 5.53. The van der Waals surface area contributed by atoms with Gasteiger partial charge in [0.1, 0.15) is 0 Å². The largest absolute Gasteiger partial charge is 0.389 e. The van der Waals surface area contributed by atoms with Crippen LogP contribution in [0.5, 0.6) is 0 Å². The fourth-order valence-electron chi connectivity index (χ4n) is 1.96. The van der Waals surface area contributed by atoms with Crippen LogP contribution in [-0.4, -0.2) is 24.4 Å². The molecule has 1 aliphatic heterocycles. The maximum absolute atomic E-state index is 12.1. The molecule has 0 aromatic heterocycles. The third-order valence-corrected chi connectivity index (χ3v) is 3.11. The number of hydrogen-bond acceptors (Lipinski definition) is 2. The number of Topliss-reactive ketones (excluding diaryl/α,β-unsaturated/α-hetero) is 1. The van der Waals surface area contributed by atoms with E-state index in [-0.39, 0.29) is 29.2 Å². The monoisotopic (exact) mass is 291 g/mol. The van der Waals surface area contributed by atoms with Crippen molar-refractivity contribution in [1.29, 1.82) is 0 Å². The topological polar surface area (TPSA) is 37.4 Å². The standard InChI is InChI=1S/C12H9ClF3NO2/c13-7-3-1-4-8-9(7)10(18)11(19)17(8)6-2-5-12(14,15)16/h1,3-4H,2,5-6H2. The van der Waals surface area contributed by atoms with Gasteiger partial charge in [-0.3, -0.25) is 9.59 Å². The number of carbonyl (C=O) groups excluding carboxylic acids is 2. The molecule has 1 aliphatic rings. The highest BCUT2D eigenvalue weighted by Gasteiger charge is 2.37. The molecule has 1 aromatic rings. The Morgan fingerprint density at radius 2 is 1.89 bits per heavy atom. The van der Waals surface area contributed by atoms with Gasteiger partial charge in [0.15, 0.2) is 0 Å². The molecule has 0 bridgehead atoms.